The van der Waals surface area contributed by atoms with Crippen molar-refractivity contribution in [2.24, 2.45) is 0 Å². The summed E-state index contributed by atoms with van der Waals surface area (Å²) in [7, 11) is 0. The molecule has 0 bridgehead atoms. The van der Waals surface area contributed by atoms with Crippen molar-refractivity contribution in [3.63, 3.8) is 0 Å². The number of hydrogen-bond donors (Lipinski definition) is 1. The molecule has 2 amide bonds. The zero-order valence-electron chi connectivity index (χ0n) is 20.2. The van der Waals surface area contributed by atoms with Crippen LogP contribution >= 0.6 is 15.9 Å². The summed E-state index contributed by atoms with van der Waals surface area (Å²) < 4.78 is 0.955. The Morgan fingerprint density at radius 3 is 2.09 bits per heavy atom. The van der Waals surface area contributed by atoms with Crippen molar-refractivity contribution >= 4 is 27.7 Å². The van der Waals surface area contributed by atoms with E-state index < -0.39 is 6.04 Å². The normalized spacial score (nSPS) is 14.6. The van der Waals surface area contributed by atoms with Gasteiger partial charge >= 0.3 is 0 Å². The first-order valence-electron chi connectivity index (χ1n) is 12.5. The third-order valence-electron chi connectivity index (χ3n) is 6.89. The third-order valence-corrected chi connectivity index (χ3v) is 7.39. The molecule has 1 N–H and O–H groups in total. The van der Waals surface area contributed by atoms with E-state index in [1.807, 2.05) is 67.6 Å². The van der Waals surface area contributed by atoms with Crippen LogP contribution in [0.25, 0.3) is 0 Å². The molecule has 5 heteroatoms. The van der Waals surface area contributed by atoms with Crippen LogP contribution in [-0.2, 0) is 16.1 Å². The Morgan fingerprint density at radius 2 is 1.51 bits per heavy atom. The Balaban J connectivity index is 1.60. The molecule has 0 radical (unpaired) electrons. The van der Waals surface area contributed by atoms with Crippen LogP contribution in [0.2, 0.25) is 0 Å². The number of rotatable bonds is 9. The van der Waals surface area contributed by atoms with E-state index >= 15 is 0 Å². The zero-order chi connectivity index (χ0) is 24.6. The Labute approximate surface area is 216 Å². The number of benzene rings is 3. The lowest BCUT2D eigenvalue weighted by molar-refractivity contribution is -0.141. The van der Waals surface area contributed by atoms with Crippen LogP contribution in [0.5, 0.6) is 0 Å². The molecular formula is C30H33BrN2O2. The maximum Gasteiger partial charge on any atom is 0.242 e. The molecule has 1 aliphatic rings. The molecule has 1 fully saturated rings. The summed E-state index contributed by atoms with van der Waals surface area (Å²) in [5.41, 5.74) is 3.18. The van der Waals surface area contributed by atoms with Gasteiger partial charge in [0.2, 0.25) is 11.8 Å². The standard InChI is InChI=1S/C30H33BrN2O2/c1-22(30(35)32-27-17-8-9-18-27)33(21-23-11-10-16-26(31)19-23)29(34)20-28(24-12-4-2-5-13-24)25-14-6-3-7-15-25/h2-7,10-16,19,22,27-28H,8-9,17-18,20-21H2,1H3,(H,32,35)/t22-/m1/s1. The van der Waals surface area contributed by atoms with Crippen LogP contribution in [0.1, 0.15) is 61.6 Å². The summed E-state index contributed by atoms with van der Waals surface area (Å²) in [6, 6.07) is 27.9. The fourth-order valence-electron chi connectivity index (χ4n) is 4.90. The van der Waals surface area contributed by atoms with Crippen LogP contribution in [-0.4, -0.2) is 28.8 Å². The van der Waals surface area contributed by atoms with E-state index in [2.05, 4.69) is 45.5 Å². The van der Waals surface area contributed by atoms with E-state index in [0.717, 1.165) is 46.8 Å². The maximum absolute atomic E-state index is 13.9. The highest BCUT2D eigenvalue weighted by atomic mass is 79.9. The molecule has 1 aliphatic carbocycles. The van der Waals surface area contributed by atoms with Gasteiger partial charge in [-0.25, -0.2) is 0 Å². The van der Waals surface area contributed by atoms with E-state index in [9.17, 15) is 9.59 Å². The quantitative estimate of drug-likeness (QED) is 0.344. The topological polar surface area (TPSA) is 49.4 Å². The van der Waals surface area contributed by atoms with Gasteiger partial charge in [-0.05, 0) is 48.6 Å². The van der Waals surface area contributed by atoms with Crippen LogP contribution in [0.3, 0.4) is 0 Å². The average Bonchev–Trinajstić information content (AvgIpc) is 3.39. The predicted octanol–water partition coefficient (Wildman–Crippen LogP) is 6.45. The van der Waals surface area contributed by atoms with Crippen molar-refractivity contribution in [3.05, 3.63) is 106 Å². The molecular weight excluding hydrogens is 500 g/mol. The molecule has 0 unspecified atom stereocenters. The number of hydrogen-bond acceptors (Lipinski definition) is 2. The number of nitrogens with zero attached hydrogens (tertiary/aromatic N) is 1. The molecule has 0 aliphatic heterocycles. The molecule has 4 nitrogen and oxygen atoms in total. The van der Waals surface area contributed by atoms with Gasteiger partial charge in [-0.1, -0.05) is 102 Å². The lowest BCUT2D eigenvalue weighted by Gasteiger charge is -2.31. The van der Waals surface area contributed by atoms with Crippen LogP contribution in [0, 0.1) is 0 Å². The maximum atomic E-state index is 13.9. The Morgan fingerprint density at radius 1 is 0.914 bits per heavy atom. The van der Waals surface area contributed by atoms with E-state index in [-0.39, 0.29) is 23.8 Å². The Bertz CT molecular complexity index is 1070. The number of carbonyl (C=O) groups is 2. The van der Waals surface area contributed by atoms with Crippen molar-refractivity contribution in [2.45, 2.75) is 63.6 Å². The molecule has 35 heavy (non-hydrogen) atoms. The summed E-state index contributed by atoms with van der Waals surface area (Å²) in [4.78, 5) is 28.9. The highest BCUT2D eigenvalue weighted by Gasteiger charge is 2.30. The molecule has 0 spiro atoms. The van der Waals surface area contributed by atoms with Gasteiger partial charge in [0.25, 0.3) is 0 Å². The van der Waals surface area contributed by atoms with Gasteiger partial charge in [0.15, 0.2) is 0 Å². The van der Waals surface area contributed by atoms with Crippen molar-refractivity contribution in [1.29, 1.82) is 0 Å². The Kier molecular flexibility index (Phi) is 8.75. The first kappa shape index (κ1) is 25.2. The Hall–Kier alpha value is -2.92. The fourth-order valence-corrected chi connectivity index (χ4v) is 5.34. The molecule has 0 heterocycles. The SMILES string of the molecule is C[C@H](C(=O)NC1CCCC1)N(Cc1cccc(Br)c1)C(=O)CC(c1ccccc1)c1ccccc1. The predicted molar refractivity (Wildman–Crippen MR) is 144 cm³/mol. The van der Waals surface area contributed by atoms with E-state index in [1.165, 1.54) is 0 Å². The van der Waals surface area contributed by atoms with Gasteiger partial charge in [0, 0.05) is 29.4 Å². The summed E-state index contributed by atoms with van der Waals surface area (Å²) in [6.07, 6.45) is 4.62. The van der Waals surface area contributed by atoms with Gasteiger partial charge in [-0.2, -0.15) is 0 Å². The number of halogens is 1. The van der Waals surface area contributed by atoms with Crippen molar-refractivity contribution in [1.82, 2.24) is 10.2 Å². The summed E-state index contributed by atoms with van der Waals surface area (Å²) in [5.74, 6) is -0.187. The minimum atomic E-state index is -0.561. The molecule has 1 atom stereocenters. The molecule has 0 aromatic heterocycles. The lowest BCUT2D eigenvalue weighted by atomic mass is 9.88. The third kappa shape index (κ3) is 6.82. The number of nitrogens with one attached hydrogen (secondary N) is 1. The van der Waals surface area contributed by atoms with Gasteiger partial charge in [-0.3, -0.25) is 9.59 Å². The van der Waals surface area contributed by atoms with Crippen molar-refractivity contribution in [3.8, 4) is 0 Å². The fraction of sp³-hybridized carbons (Fsp3) is 0.333. The first-order chi connectivity index (χ1) is 17.0. The van der Waals surface area contributed by atoms with E-state index in [1.54, 1.807) is 4.90 Å². The molecule has 182 valence electrons. The highest BCUT2D eigenvalue weighted by molar-refractivity contribution is 9.10. The van der Waals surface area contributed by atoms with Gasteiger partial charge in [-0.15, -0.1) is 0 Å². The monoisotopic (exact) mass is 532 g/mol. The molecule has 3 aromatic carbocycles. The van der Waals surface area contributed by atoms with E-state index in [4.69, 9.17) is 0 Å². The largest absolute Gasteiger partial charge is 0.352 e. The molecule has 3 aromatic rings. The summed E-state index contributed by atoms with van der Waals surface area (Å²) in [5, 5.41) is 3.19. The van der Waals surface area contributed by atoms with Gasteiger partial charge in [0.1, 0.15) is 6.04 Å². The van der Waals surface area contributed by atoms with Crippen LogP contribution in [0.15, 0.2) is 89.4 Å². The summed E-state index contributed by atoms with van der Waals surface area (Å²) >= 11 is 3.53. The minimum Gasteiger partial charge on any atom is -0.352 e. The minimum absolute atomic E-state index is 0.0308. The first-order valence-corrected chi connectivity index (χ1v) is 13.2. The molecule has 1 saturated carbocycles. The van der Waals surface area contributed by atoms with Crippen LogP contribution in [0.4, 0.5) is 0 Å². The second kappa shape index (κ2) is 12.2. The zero-order valence-corrected chi connectivity index (χ0v) is 21.8. The molecule has 0 saturated heterocycles. The summed E-state index contributed by atoms with van der Waals surface area (Å²) in [6.45, 7) is 2.23. The van der Waals surface area contributed by atoms with Gasteiger partial charge < -0.3 is 10.2 Å². The highest BCUT2D eigenvalue weighted by Crippen LogP contribution is 2.29. The second-order valence-electron chi connectivity index (χ2n) is 9.40. The lowest BCUT2D eigenvalue weighted by Crippen LogP contribution is -2.49. The van der Waals surface area contributed by atoms with Crippen molar-refractivity contribution < 1.29 is 9.59 Å². The smallest absolute Gasteiger partial charge is 0.242 e. The number of amides is 2. The molecule has 4 rings (SSSR count). The van der Waals surface area contributed by atoms with Crippen molar-refractivity contribution in [2.75, 3.05) is 0 Å². The van der Waals surface area contributed by atoms with E-state index in [0.29, 0.717) is 13.0 Å². The second-order valence-corrected chi connectivity index (χ2v) is 10.3. The number of carbonyl (C=O) groups excluding carboxylic acids is 2. The average molecular weight is 534 g/mol. The van der Waals surface area contributed by atoms with Gasteiger partial charge in [0.05, 0.1) is 0 Å². The van der Waals surface area contributed by atoms with Crippen LogP contribution < -0.4 is 5.32 Å².